The maximum Gasteiger partial charge on any atom is 0.0585 e. The Morgan fingerprint density at radius 2 is 2.06 bits per heavy atom. The van der Waals surface area contributed by atoms with E-state index in [1.165, 1.54) is 36.9 Å². The maximum absolute atomic E-state index is 3.39. The van der Waals surface area contributed by atoms with Crippen molar-refractivity contribution in [2.24, 2.45) is 0 Å². The van der Waals surface area contributed by atoms with Crippen LogP contribution in [0, 0.1) is 6.92 Å². The molecule has 1 aromatic carbocycles. The Bertz CT molecular complexity index is 371. The highest BCUT2D eigenvalue weighted by Gasteiger charge is 2.38. The van der Waals surface area contributed by atoms with Crippen LogP contribution in [-0.4, -0.2) is 32.1 Å². The minimum Gasteiger partial charge on any atom is -0.318 e. The molecule has 0 aliphatic carbocycles. The average Bonchev–Trinajstić information content (AvgIpc) is 2.33. The fraction of sp³-hybridized carbons (Fsp3) is 0.600. The van der Waals surface area contributed by atoms with Crippen molar-refractivity contribution in [3.63, 3.8) is 0 Å². The molecule has 1 aromatic rings. The molecule has 17 heavy (non-hydrogen) atoms. The molecular formula is C15H24N2. The quantitative estimate of drug-likeness (QED) is 0.861. The molecule has 0 amide bonds. The number of nitrogens with one attached hydrogen (secondary N) is 1. The van der Waals surface area contributed by atoms with Gasteiger partial charge in [-0.15, -0.1) is 0 Å². The second-order valence-corrected chi connectivity index (χ2v) is 5.26. The van der Waals surface area contributed by atoms with Crippen LogP contribution in [0.25, 0.3) is 0 Å². The summed E-state index contributed by atoms with van der Waals surface area (Å²) < 4.78 is 0. The Balaban J connectivity index is 2.43. The summed E-state index contributed by atoms with van der Waals surface area (Å²) in [5, 5.41) is 3.39. The number of likely N-dealkylation sites (N-methyl/N-ethyl adjacent to an activating group) is 2. The number of benzene rings is 1. The second kappa shape index (κ2) is 5.19. The van der Waals surface area contributed by atoms with Gasteiger partial charge >= 0.3 is 0 Å². The summed E-state index contributed by atoms with van der Waals surface area (Å²) in [6.45, 7) is 4.47. The van der Waals surface area contributed by atoms with Crippen molar-refractivity contribution >= 4 is 0 Å². The SMILES string of the molecule is CNCC1(c2ccccc2C)CCCCN1C. The number of likely N-dealkylation sites (tertiary alicyclic amines) is 1. The number of nitrogens with zero attached hydrogens (tertiary/aromatic N) is 1. The van der Waals surface area contributed by atoms with Crippen molar-refractivity contribution in [2.45, 2.75) is 31.7 Å². The first kappa shape index (κ1) is 12.6. The highest BCUT2D eigenvalue weighted by atomic mass is 15.2. The van der Waals surface area contributed by atoms with Gasteiger partial charge in [0.05, 0.1) is 5.54 Å². The van der Waals surface area contributed by atoms with Crippen LogP contribution in [0.15, 0.2) is 24.3 Å². The first-order chi connectivity index (χ1) is 8.20. The summed E-state index contributed by atoms with van der Waals surface area (Å²) in [4.78, 5) is 2.54. The largest absolute Gasteiger partial charge is 0.318 e. The van der Waals surface area contributed by atoms with Gasteiger partial charge in [-0.3, -0.25) is 4.90 Å². The lowest BCUT2D eigenvalue weighted by Gasteiger charge is -2.46. The first-order valence-electron chi connectivity index (χ1n) is 6.63. The smallest absolute Gasteiger partial charge is 0.0585 e. The zero-order valence-corrected chi connectivity index (χ0v) is 11.3. The minimum atomic E-state index is 0.193. The Morgan fingerprint density at radius 3 is 2.71 bits per heavy atom. The van der Waals surface area contributed by atoms with Gasteiger partial charge in [0.25, 0.3) is 0 Å². The Hall–Kier alpha value is -0.860. The van der Waals surface area contributed by atoms with Gasteiger partial charge in [-0.2, -0.15) is 0 Å². The molecule has 1 atom stereocenters. The molecule has 0 aromatic heterocycles. The fourth-order valence-corrected chi connectivity index (χ4v) is 3.22. The van der Waals surface area contributed by atoms with Gasteiger partial charge < -0.3 is 5.32 Å². The van der Waals surface area contributed by atoms with E-state index in [1.807, 2.05) is 0 Å². The summed E-state index contributed by atoms with van der Waals surface area (Å²) in [6, 6.07) is 8.83. The maximum atomic E-state index is 3.39. The third-order valence-corrected chi connectivity index (χ3v) is 4.18. The fourth-order valence-electron chi connectivity index (χ4n) is 3.22. The molecule has 1 saturated heterocycles. The normalized spacial score (nSPS) is 26.1. The van der Waals surface area contributed by atoms with Crippen LogP contribution < -0.4 is 5.32 Å². The molecule has 2 rings (SSSR count). The lowest BCUT2D eigenvalue weighted by molar-refractivity contribution is 0.0710. The second-order valence-electron chi connectivity index (χ2n) is 5.26. The number of piperidine rings is 1. The molecule has 1 heterocycles. The van der Waals surface area contributed by atoms with Crippen molar-refractivity contribution in [1.82, 2.24) is 10.2 Å². The van der Waals surface area contributed by atoms with Crippen LogP contribution in [0.3, 0.4) is 0 Å². The molecule has 1 unspecified atom stereocenters. The van der Waals surface area contributed by atoms with Crippen molar-refractivity contribution in [3.05, 3.63) is 35.4 Å². The molecule has 0 radical (unpaired) electrons. The van der Waals surface area contributed by atoms with E-state index >= 15 is 0 Å². The van der Waals surface area contributed by atoms with Crippen LogP contribution in [0.4, 0.5) is 0 Å². The van der Waals surface area contributed by atoms with E-state index in [-0.39, 0.29) is 5.54 Å². The van der Waals surface area contributed by atoms with Gasteiger partial charge in [0.2, 0.25) is 0 Å². The highest BCUT2D eigenvalue weighted by molar-refractivity contribution is 5.33. The van der Waals surface area contributed by atoms with Gasteiger partial charge in [-0.1, -0.05) is 24.3 Å². The Labute approximate surface area is 105 Å². The molecule has 0 spiro atoms. The molecule has 0 bridgehead atoms. The van der Waals surface area contributed by atoms with Gasteiger partial charge in [0, 0.05) is 6.54 Å². The zero-order valence-electron chi connectivity index (χ0n) is 11.3. The van der Waals surface area contributed by atoms with Crippen molar-refractivity contribution in [2.75, 3.05) is 27.2 Å². The van der Waals surface area contributed by atoms with E-state index < -0.39 is 0 Å². The lowest BCUT2D eigenvalue weighted by atomic mass is 9.78. The highest BCUT2D eigenvalue weighted by Crippen LogP contribution is 2.37. The summed E-state index contributed by atoms with van der Waals surface area (Å²) in [5.41, 5.74) is 3.10. The standard InChI is InChI=1S/C15H24N2/c1-13-8-4-5-9-14(13)15(12-16-2)10-6-7-11-17(15)3/h4-5,8-9,16H,6-7,10-12H2,1-3H3. The van der Waals surface area contributed by atoms with Gasteiger partial charge in [-0.05, 0) is 58.0 Å². The summed E-state index contributed by atoms with van der Waals surface area (Å²) in [7, 11) is 4.32. The molecule has 2 heteroatoms. The van der Waals surface area contributed by atoms with E-state index in [0.29, 0.717) is 0 Å². The molecule has 0 saturated carbocycles. The third-order valence-electron chi connectivity index (χ3n) is 4.18. The molecule has 1 N–H and O–H groups in total. The van der Waals surface area contributed by atoms with Crippen LogP contribution in [0.1, 0.15) is 30.4 Å². The predicted molar refractivity (Wildman–Crippen MR) is 73.3 cm³/mol. The van der Waals surface area contributed by atoms with Crippen LogP contribution in [0.5, 0.6) is 0 Å². The molecular weight excluding hydrogens is 208 g/mol. The van der Waals surface area contributed by atoms with E-state index in [2.05, 4.69) is 55.5 Å². The minimum absolute atomic E-state index is 0.193. The van der Waals surface area contributed by atoms with Crippen molar-refractivity contribution in [1.29, 1.82) is 0 Å². The number of rotatable bonds is 3. The zero-order chi connectivity index (χ0) is 12.3. The van der Waals surface area contributed by atoms with Gasteiger partial charge in [0.1, 0.15) is 0 Å². The van der Waals surface area contributed by atoms with Gasteiger partial charge in [-0.25, -0.2) is 0 Å². The molecule has 1 aliphatic heterocycles. The summed E-state index contributed by atoms with van der Waals surface area (Å²) in [6.07, 6.45) is 3.92. The number of hydrogen-bond donors (Lipinski definition) is 1. The Kier molecular flexibility index (Phi) is 3.85. The predicted octanol–water partition coefficient (Wildman–Crippen LogP) is 2.53. The van der Waals surface area contributed by atoms with Crippen LogP contribution >= 0.6 is 0 Å². The monoisotopic (exact) mass is 232 g/mol. The van der Waals surface area contributed by atoms with Crippen molar-refractivity contribution < 1.29 is 0 Å². The summed E-state index contributed by atoms with van der Waals surface area (Å²) in [5.74, 6) is 0. The van der Waals surface area contributed by atoms with E-state index in [0.717, 1.165) is 6.54 Å². The first-order valence-corrected chi connectivity index (χ1v) is 6.63. The van der Waals surface area contributed by atoms with E-state index in [4.69, 9.17) is 0 Å². The summed E-state index contributed by atoms with van der Waals surface area (Å²) >= 11 is 0. The molecule has 94 valence electrons. The van der Waals surface area contributed by atoms with Crippen LogP contribution in [-0.2, 0) is 5.54 Å². The third kappa shape index (κ3) is 2.24. The lowest BCUT2D eigenvalue weighted by Crippen LogP contribution is -2.53. The van der Waals surface area contributed by atoms with E-state index in [9.17, 15) is 0 Å². The van der Waals surface area contributed by atoms with Crippen LogP contribution in [0.2, 0.25) is 0 Å². The molecule has 1 fully saturated rings. The van der Waals surface area contributed by atoms with Crippen molar-refractivity contribution in [3.8, 4) is 0 Å². The number of aryl methyl sites for hydroxylation is 1. The Morgan fingerprint density at radius 1 is 1.29 bits per heavy atom. The average molecular weight is 232 g/mol. The topological polar surface area (TPSA) is 15.3 Å². The molecule has 2 nitrogen and oxygen atoms in total. The number of hydrogen-bond acceptors (Lipinski definition) is 2. The molecule has 1 aliphatic rings. The van der Waals surface area contributed by atoms with E-state index in [1.54, 1.807) is 0 Å². The van der Waals surface area contributed by atoms with Gasteiger partial charge in [0.15, 0.2) is 0 Å².